The molecule has 3 heterocycles. The fraction of sp³-hybridized carbons (Fsp3) is 0.333. The van der Waals surface area contributed by atoms with E-state index in [4.69, 9.17) is 5.73 Å². The van der Waals surface area contributed by atoms with Gasteiger partial charge in [-0.2, -0.15) is 14.9 Å². The van der Waals surface area contributed by atoms with Crippen molar-refractivity contribution >= 4 is 28.2 Å². The van der Waals surface area contributed by atoms with Crippen LogP contribution in [0.1, 0.15) is 43.2 Å². The average molecular weight is 520 g/mol. The number of fused-ring (bicyclic) bond motifs is 1. The van der Waals surface area contributed by atoms with E-state index in [0.29, 0.717) is 16.9 Å². The molecule has 2 fully saturated rings. The van der Waals surface area contributed by atoms with Gasteiger partial charge in [-0.25, -0.2) is 8.78 Å². The number of nitrogens with two attached hydrogens (primary N) is 1. The van der Waals surface area contributed by atoms with Crippen molar-refractivity contribution in [2.45, 2.75) is 38.8 Å². The molecule has 0 unspecified atom stereocenters. The zero-order valence-electron chi connectivity index (χ0n) is 21.0. The number of carbonyl (C=O) groups is 1. The zero-order valence-corrected chi connectivity index (χ0v) is 21.0. The molecule has 1 saturated heterocycles. The Balaban J connectivity index is 1.40. The number of para-hydroxylation sites is 1. The van der Waals surface area contributed by atoms with Crippen LogP contribution >= 0.6 is 0 Å². The van der Waals surface area contributed by atoms with Gasteiger partial charge in [0.25, 0.3) is 11.5 Å². The van der Waals surface area contributed by atoms with Gasteiger partial charge in [-0.1, -0.05) is 6.07 Å². The van der Waals surface area contributed by atoms with E-state index in [-0.39, 0.29) is 23.2 Å². The Kier molecular flexibility index (Phi) is 5.56. The molecule has 0 bridgehead atoms. The van der Waals surface area contributed by atoms with Crippen LogP contribution in [0.2, 0.25) is 0 Å². The third kappa shape index (κ3) is 3.85. The van der Waals surface area contributed by atoms with E-state index in [1.807, 2.05) is 30.7 Å². The van der Waals surface area contributed by atoms with Crippen molar-refractivity contribution < 1.29 is 13.6 Å². The summed E-state index contributed by atoms with van der Waals surface area (Å²) >= 11 is 0. The number of aromatic nitrogens is 4. The number of hydrogen-bond donors (Lipinski definition) is 2. The van der Waals surface area contributed by atoms with Gasteiger partial charge >= 0.3 is 0 Å². The molecule has 1 aliphatic heterocycles. The number of nitrogens with one attached hydrogen (secondary N) is 1. The highest BCUT2D eigenvalue weighted by atomic mass is 19.1. The number of halogens is 2. The predicted molar refractivity (Wildman–Crippen MR) is 140 cm³/mol. The highest BCUT2D eigenvalue weighted by Gasteiger charge is 2.54. The molecule has 2 aromatic carbocycles. The van der Waals surface area contributed by atoms with Crippen molar-refractivity contribution in [3.05, 3.63) is 76.3 Å². The Morgan fingerprint density at radius 3 is 2.50 bits per heavy atom. The van der Waals surface area contributed by atoms with Gasteiger partial charge in [0.15, 0.2) is 11.6 Å². The number of amides is 1. The Hall–Kier alpha value is -4.12. The maximum atomic E-state index is 14.4. The summed E-state index contributed by atoms with van der Waals surface area (Å²) < 4.78 is 31.2. The second-order valence-corrected chi connectivity index (χ2v) is 10.4. The molecule has 196 valence electrons. The Morgan fingerprint density at radius 1 is 1.11 bits per heavy atom. The van der Waals surface area contributed by atoms with Crippen molar-refractivity contribution in [1.29, 1.82) is 0 Å². The monoisotopic (exact) mass is 519 g/mol. The van der Waals surface area contributed by atoms with Crippen LogP contribution in [0, 0.1) is 17.0 Å². The number of hydrogen-bond acceptors (Lipinski definition) is 6. The number of nitrogens with zero attached hydrogens (tertiary/aromatic N) is 5. The summed E-state index contributed by atoms with van der Waals surface area (Å²) in [5, 5.41) is 12.3. The first-order chi connectivity index (χ1) is 18.2. The van der Waals surface area contributed by atoms with Crippen LogP contribution in [0.3, 0.4) is 0 Å². The van der Waals surface area contributed by atoms with Crippen molar-refractivity contribution in [3.8, 4) is 5.69 Å². The van der Waals surface area contributed by atoms with Crippen LogP contribution < -0.4 is 21.5 Å². The molecule has 6 rings (SSSR count). The van der Waals surface area contributed by atoms with Gasteiger partial charge in [-0.3, -0.25) is 14.3 Å². The van der Waals surface area contributed by atoms with Crippen molar-refractivity contribution in [1.82, 2.24) is 19.6 Å². The van der Waals surface area contributed by atoms with Crippen LogP contribution in [0.25, 0.3) is 16.6 Å². The topological polar surface area (TPSA) is 111 Å². The smallest absolute Gasteiger partial charge is 0.276 e. The van der Waals surface area contributed by atoms with Gasteiger partial charge in [0.1, 0.15) is 11.4 Å². The lowest BCUT2D eigenvalue weighted by Crippen LogP contribution is -2.30. The Bertz CT molecular complexity index is 1620. The summed E-state index contributed by atoms with van der Waals surface area (Å²) in [6.45, 7) is 5.51. The second-order valence-electron chi connectivity index (χ2n) is 10.4. The first kappa shape index (κ1) is 24.2. The van der Waals surface area contributed by atoms with Gasteiger partial charge < -0.3 is 16.0 Å². The van der Waals surface area contributed by atoms with Crippen LogP contribution in [0.15, 0.2) is 53.5 Å². The standard InChI is InChI=1S/C27H27F2N7O2/c1-15(2)35-21-8-6-19(24(16(21)12-31-35)34-13-22(30)27(14-34)10-11-27)32-26(38)20-7-9-23(37)36(33-20)25-17(28)4-3-5-18(25)29/h3-9,12,15,22H,10-11,13-14,30H2,1-2H3,(H,32,38)/t22-/m0/s1. The van der Waals surface area contributed by atoms with Gasteiger partial charge in [-0.15, -0.1) is 0 Å². The summed E-state index contributed by atoms with van der Waals surface area (Å²) in [5.41, 5.74) is 7.29. The summed E-state index contributed by atoms with van der Waals surface area (Å²) in [5.74, 6) is -2.56. The van der Waals surface area contributed by atoms with E-state index in [0.717, 1.165) is 54.2 Å². The molecule has 3 N–H and O–H groups in total. The highest BCUT2D eigenvalue weighted by molar-refractivity contribution is 6.09. The van der Waals surface area contributed by atoms with Crippen molar-refractivity contribution in [2.24, 2.45) is 11.1 Å². The number of carbonyl (C=O) groups excluding carboxylic acids is 1. The molecule has 0 radical (unpaired) electrons. The predicted octanol–water partition coefficient (Wildman–Crippen LogP) is 3.62. The number of anilines is 2. The molecule has 38 heavy (non-hydrogen) atoms. The number of rotatable bonds is 5. The molecule has 4 aromatic rings. The van der Waals surface area contributed by atoms with Gasteiger partial charge in [-0.05, 0) is 57.0 Å². The molecular weight excluding hydrogens is 492 g/mol. The van der Waals surface area contributed by atoms with Crippen molar-refractivity contribution in [3.63, 3.8) is 0 Å². The molecule has 1 amide bonds. The lowest BCUT2D eigenvalue weighted by molar-refractivity contribution is 0.102. The Morgan fingerprint density at radius 2 is 1.84 bits per heavy atom. The number of benzene rings is 2. The van der Waals surface area contributed by atoms with Crippen LogP contribution in [0.4, 0.5) is 20.2 Å². The SMILES string of the molecule is CC(C)n1ncc2c(N3C[C@H](N)C4(CC4)C3)c(NC(=O)c3ccc(=O)n(-c4c(F)cccc4F)n3)ccc21. The van der Waals surface area contributed by atoms with E-state index >= 15 is 0 Å². The van der Waals surface area contributed by atoms with Crippen LogP contribution in [-0.2, 0) is 0 Å². The molecule has 1 atom stereocenters. The summed E-state index contributed by atoms with van der Waals surface area (Å²) in [4.78, 5) is 28.0. The normalized spacial score (nSPS) is 18.1. The molecular formula is C27H27F2N7O2. The lowest BCUT2D eigenvalue weighted by Gasteiger charge is -2.23. The van der Waals surface area contributed by atoms with Crippen LogP contribution in [-0.4, -0.2) is 44.6 Å². The third-order valence-electron chi connectivity index (χ3n) is 7.59. The Labute approximate surface area is 216 Å². The summed E-state index contributed by atoms with van der Waals surface area (Å²) in [6, 6.07) is 9.39. The van der Waals surface area contributed by atoms with Gasteiger partial charge in [0.2, 0.25) is 0 Å². The quantitative estimate of drug-likeness (QED) is 0.417. The lowest BCUT2D eigenvalue weighted by atomic mass is 10.0. The maximum absolute atomic E-state index is 14.4. The minimum absolute atomic E-state index is 0.0299. The molecule has 1 saturated carbocycles. The fourth-order valence-corrected chi connectivity index (χ4v) is 5.38. The second kappa shape index (κ2) is 8.73. The average Bonchev–Trinajstić information content (AvgIpc) is 3.41. The molecule has 9 nitrogen and oxygen atoms in total. The van der Waals surface area contributed by atoms with Gasteiger partial charge in [0.05, 0.1) is 23.1 Å². The highest BCUT2D eigenvalue weighted by Crippen LogP contribution is 2.54. The first-order valence-electron chi connectivity index (χ1n) is 12.6. The minimum Gasteiger partial charge on any atom is -0.367 e. The zero-order chi connectivity index (χ0) is 26.8. The molecule has 1 aliphatic carbocycles. The van der Waals surface area contributed by atoms with E-state index in [1.165, 1.54) is 12.1 Å². The van der Waals surface area contributed by atoms with E-state index in [9.17, 15) is 18.4 Å². The van der Waals surface area contributed by atoms with Crippen LogP contribution in [0.5, 0.6) is 0 Å². The molecule has 1 spiro atoms. The third-order valence-corrected chi connectivity index (χ3v) is 7.59. The minimum atomic E-state index is -0.966. The maximum Gasteiger partial charge on any atom is 0.276 e. The molecule has 11 heteroatoms. The van der Waals surface area contributed by atoms with Crippen molar-refractivity contribution in [2.75, 3.05) is 23.3 Å². The van der Waals surface area contributed by atoms with E-state index < -0.39 is 28.8 Å². The molecule has 2 aromatic heterocycles. The largest absolute Gasteiger partial charge is 0.367 e. The summed E-state index contributed by atoms with van der Waals surface area (Å²) in [7, 11) is 0. The summed E-state index contributed by atoms with van der Waals surface area (Å²) in [6.07, 6.45) is 3.94. The van der Waals surface area contributed by atoms with E-state index in [1.54, 1.807) is 6.20 Å². The fourth-order valence-electron chi connectivity index (χ4n) is 5.38. The van der Waals surface area contributed by atoms with E-state index in [2.05, 4.69) is 20.4 Å². The molecule has 2 aliphatic rings. The first-order valence-corrected chi connectivity index (χ1v) is 12.6. The van der Waals surface area contributed by atoms with Gasteiger partial charge in [0, 0.05) is 42.0 Å².